The standard InChI is InChI=1S/C26H25N3OS/c30-17-20-9-2-6-15-24(20)31-23-14-5-1-8-19(23)16-27-26-21-12-3-4-13-22(21)28-25(29-26)18-10-7-11-18/h1-6,8-9,12-15,18,30H,7,10-11,16-17H2,(H,27,28,29). The summed E-state index contributed by atoms with van der Waals surface area (Å²) in [7, 11) is 0. The fourth-order valence-corrected chi connectivity index (χ4v) is 4.92. The number of anilines is 1. The molecule has 0 spiro atoms. The number of benzene rings is 3. The van der Waals surface area contributed by atoms with Crippen molar-refractivity contribution in [2.45, 2.75) is 48.1 Å². The predicted octanol–water partition coefficient (Wildman–Crippen LogP) is 6.15. The first kappa shape index (κ1) is 20.0. The van der Waals surface area contributed by atoms with Crippen molar-refractivity contribution in [3.05, 3.63) is 89.7 Å². The van der Waals surface area contributed by atoms with Crippen molar-refractivity contribution in [1.29, 1.82) is 0 Å². The first-order valence-electron chi connectivity index (χ1n) is 10.8. The van der Waals surface area contributed by atoms with Crippen LogP contribution in [0.3, 0.4) is 0 Å². The monoisotopic (exact) mass is 427 g/mol. The Hall–Kier alpha value is -2.89. The van der Waals surface area contributed by atoms with Gasteiger partial charge in [0.2, 0.25) is 0 Å². The van der Waals surface area contributed by atoms with Crippen molar-refractivity contribution in [2.24, 2.45) is 0 Å². The molecule has 1 heterocycles. The molecule has 4 aromatic rings. The Morgan fingerprint density at radius 1 is 0.839 bits per heavy atom. The van der Waals surface area contributed by atoms with Crippen LogP contribution in [-0.2, 0) is 13.2 Å². The summed E-state index contributed by atoms with van der Waals surface area (Å²) < 4.78 is 0. The van der Waals surface area contributed by atoms with E-state index in [1.807, 2.05) is 30.3 Å². The second-order valence-corrected chi connectivity index (χ2v) is 8.99. The minimum Gasteiger partial charge on any atom is -0.392 e. The highest BCUT2D eigenvalue weighted by atomic mass is 32.2. The first-order chi connectivity index (χ1) is 15.3. The Kier molecular flexibility index (Phi) is 5.87. The Morgan fingerprint density at radius 3 is 2.26 bits per heavy atom. The Balaban J connectivity index is 1.42. The van der Waals surface area contributed by atoms with E-state index in [9.17, 15) is 5.11 Å². The molecule has 0 saturated heterocycles. The second kappa shape index (κ2) is 9.08. The van der Waals surface area contributed by atoms with Crippen LogP contribution in [0.2, 0.25) is 0 Å². The minimum absolute atomic E-state index is 0.0421. The zero-order valence-corrected chi connectivity index (χ0v) is 18.1. The lowest BCUT2D eigenvalue weighted by Crippen LogP contribution is -2.14. The normalized spacial score (nSPS) is 13.8. The van der Waals surface area contributed by atoms with Gasteiger partial charge in [-0.05, 0) is 48.2 Å². The average Bonchev–Trinajstić information content (AvgIpc) is 2.77. The molecule has 0 unspecified atom stereocenters. The van der Waals surface area contributed by atoms with Crippen LogP contribution in [0.15, 0.2) is 82.6 Å². The van der Waals surface area contributed by atoms with Crippen LogP contribution in [0, 0.1) is 0 Å². The molecule has 0 radical (unpaired) electrons. The van der Waals surface area contributed by atoms with Crippen LogP contribution in [0.1, 0.15) is 42.1 Å². The van der Waals surface area contributed by atoms with Crippen LogP contribution in [0.25, 0.3) is 10.9 Å². The molecule has 1 fully saturated rings. The minimum atomic E-state index is 0.0421. The van der Waals surface area contributed by atoms with Crippen molar-refractivity contribution in [3.63, 3.8) is 0 Å². The lowest BCUT2D eigenvalue weighted by Gasteiger charge is -2.24. The fraction of sp³-hybridized carbons (Fsp3) is 0.231. The zero-order chi connectivity index (χ0) is 21.0. The molecule has 1 aromatic heterocycles. The van der Waals surface area contributed by atoms with Gasteiger partial charge in [-0.3, -0.25) is 0 Å². The summed E-state index contributed by atoms with van der Waals surface area (Å²) in [5.41, 5.74) is 3.15. The quantitative estimate of drug-likeness (QED) is 0.370. The molecule has 0 aliphatic heterocycles. The number of hydrogen-bond donors (Lipinski definition) is 2. The van der Waals surface area contributed by atoms with Gasteiger partial charge in [0.1, 0.15) is 11.6 Å². The zero-order valence-electron chi connectivity index (χ0n) is 17.3. The number of nitrogens with one attached hydrogen (secondary N) is 1. The van der Waals surface area contributed by atoms with E-state index in [1.54, 1.807) is 11.8 Å². The third kappa shape index (κ3) is 4.29. The van der Waals surface area contributed by atoms with Gasteiger partial charge in [-0.15, -0.1) is 0 Å². The van der Waals surface area contributed by atoms with Crippen molar-refractivity contribution < 1.29 is 5.11 Å². The molecule has 5 rings (SSSR count). The number of aliphatic hydroxyl groups is 1. The van der Waals surface area contributed by atoms with Gasteiger partial charge < -0.3 is 10.4 Å². The second-order valence-electron chi connectivity index (χ2n) is 7.90. The smallest absolute Gasteiger partial charge is 0.137 e. The topological polar surface area (TPSA) is 58.0 Å². The van der Waals surface area contributed by atoms with Crippen LogP contribution in [0.5, 0.6) is 0 Å². The summed E-state index contributed by atoms with van der Waals surface area (Å²) in [6, 6.07) is 24.6. The predicted molar refractivity (Wildman–Crippen MR) is 126 cm³/mol. The summed E-state index contributed by atoms with van der Waals surface area (Å²) in [5.74, 6) is 2.36. The third-order valence-corrected chi connectivity index (χ3v) is 7.11. The SMILES string of the molecule is OCc1ccccc1Sc1ccccc1CNc1nc(C2CCC2)nc2ccccc12. The van der Waals surface area contributed by atoms with Gasteiger partial charge in [0.05, 0.1) is 12.1 Å². The maximum absolute atomic E-state index is 9.67. The summed E-state index contributed by atoms with van der Waals surface area (Å²) in [6.07, 6.45) is 3.63. The molecule has 31 heavy (non-hydrogen) atoms. The van der Waals surface area contributed by atoms with Gasteiger partial charge in [-0.1, -0.05) is 66.7 Å². The van der Waals surface area contributed by atoms with Gasteiger partial charge in [0.25, 0.3) is 0 Å². The number of aromatic nitrogens is 2. The molecule has 1 aliphatic carbocycles. The highest BCUT2D eigenvalue weighted by Gasteiger charge is 2.23. The van der Waals surface area contributed by atoms with E-state index in [-0.39, 0.29) is 6.61 Å². The largest absolute Gasteiger partial charge is 0.392 e. The van der Waals surface area contributed by atoms with Crippen molar-refractivity contribution >= 4 is 28.5 Å². The first-order valence-corrected chi connectivity index (χ1v) is 11.6. The molecule has 5 heteroatoms. The van der Waals surface area contributed by atoms with Gasteiger partial charge in [0, 0.05) is 27.6 Å². The van der Waals surface area contributed by atoms with Crippen LogP contribution in [0.4, 0.5) is 5.82 Å². The maximum Gasteiger partial charge on any atom is 0.137 e. The summed E-state index contributed by atoms with van der Waals surface area (Å²) in [6.45, 7) is 0.718. The van der Waals surface area contributed by atoms with Crippen molar-refractivity contribution in [2.75, 3.05) is 5.32 Å². The number of rotatable bonds is 7. The lowest BCUT2D eigenvalue weighted by atomic mass is 9.85. The van der Waals surface area contributed by atoms with Crippen molar-refractivity contribution in [1.82, 2.24) is 9.97 Å². The summed E-state index contributed by atoms with van der Waals surface area (Å²) in [4.78, 5) is 12.0. The summed E-state index contributed by atoms with van der Waals surface area (Å²) >= 11 is 1.69. The van der Waals surface area contributed by atoms with Gasteiger partial charge in [-0.2, -0.15) is 0 Å². The molecule has 0 bridgehead atoms. The van der Waals surface area contributed by atoms with E-state index in [4.69, 9.17) is 9.97 Å². The van der Waals surface area contributed by atoms with E-state index >= 15 is 0 Å². The Labute approximate surface area is 186 Å². The van der Waals surface area contributed by atoms with E-state index in [2.05, 4.69) is 47.8 Å². The number of para-hydroxylation sites is 1. The lowest BCUT2D eigenvalue weighted by molar-refractivity contribution is 0.279. The van der Waals surface area contributed by atoms with Crippen LogP contribution >= 0.6 is 11.8 Å². The van der Waals surface area contributed by atoms with Gasteiger partial charge >= 0.3 is 0 Å². The third-order valence-electron chi connectivity index (χ3n) is 5.87. The van der Waals surface area contributed by atoms with E-state index in [1.165, 1.54) is 29.7 Å². The average molecular weight is 428 g/mol. The number of fused-ring (bicyclic) bond motifs is 1. The molecule has 4 nitrogen and oxygen atoms in total. The van der Waals surface area contributed by atoms with Gasteiger partial charge in [0.15, 0.2) is 0 Å². The Bertz CT molecular complexity index is 1210. The molecule has 2 N–H and O–H groups in total. The van der Waals surface area contributed by atoms with Crippen LogP contribution in [-0.4, -0.2) is 15.1 Å². The number of hydrogen-bond acceptors (Lipinski definition) is 5. The summed E-state index contributed by atoms with van der Waals surface area (Å²) in [5, 5.41) is 14.3. The fourth-order valence-electron chi connectivity index (χ4n) is 3.86. The number of aliphatic hydroxyl groups excluding tert-OH is 1. The molecular formula is C26H25N3OS. The van der Waals surface area contributed by atoms with E-state index < -0.39 is 0 Å². The molecule has 0 amide bonds. The molecule has 156 valence electrons. The maximum atomic E-state index is 9.67. The molecule has 3 aromatic carbocycles. The highest BCUT2D eigenvalue weighted by Crippen LogP contribution is 2.37. The van der Waals surface area contributed by atoms with Crippen molar-refractivity contribution in [3.8, 4) is 0 Å². The molecule has 1 saturated carbocycles. The van der Waals surface area contributed by atoms with E-state index in [0.717, 1.165) is 33.0 Å². The Morgan fingerprint density at radius 2 is 1.52 bits per heavy atom. The molecule has 0 atom stereocenters. The highest BCUT2D eigenvalue weighted by molar-refractivity contribution is 7.99. The number of nitrogens with zero attached hydrogens (tertiary/aromatic N) is 2. The molecular weight excluding hydrogens is 402 g/mol. The molecule has 1 aliphatic rings. The van der Waals surface area contributed by atoms with Gasteiger partial charge in [-0.25, -0.2) is 9.97 Å². The van der Waals surface area contributed by atoms with E-state index in [0.29, 0.717) is 12.5 Å². The van der Waals surface area contributed by atoms with Crippen LogP contribution < -0.4 is 5.32 Å².